The van der Waals surface area contributed by atoms with Crippen molar-refractivity contribution in [3.8, 4) is 0 Å². The molecule has 0 aromatic heterocycles. The van der Waals surface area contributed by atoms with Crippen molar-refractivity contribution in [3.05, 3.63) is 33.9 Å². The van der Waals surface area contributed by atoms with Crippen LogP contribution < -0.4 is 5.32 Å². The molecule has 1 aromatic rings. The van der Waals surface area contributed by atoms with Crippen molar-refractivity contribution in [3.63, 3.8) is 0 Å². The van der Waals surface area contributed by atoms with E-state index >= 15 is 0 Å². The molecule has 0 fully saturated rings. The number of benzene rings is 1. The summed E-state index contributed by atoms with van der Waals surface area (Å²) in [6.07, 6.45) is 0.942. The molecule has 1 unspecified atom stereocenters. The standard InChI is InChI=1S/C18H29NO2/c1-11(2)10-19-16(9-18(20)21)8-17-14(5)12(3)7-13(4)15(17)6/h7,11,16,19H,8-10H2,1-6H3,(H,20,21). The first-order valence-electron chi connectivity index (χ1n) is 7.73. The number of carboxylic acids is 1. The number of rotatable bonds is 7. The molecule has 0 amide bonds. The summed E-state index contributed by atoms with van der Waals surface area (Å²) in [4.78, 5) is 11.1. The van der Waals surface area contributed by atoms with Crippen molar-refractivity contribution in [2.45, 2.75) is 60.4 Å². The van der Waals surface area contributed by atoms with Crippen LogP contribution in [-0.4, -0.2) is 23.7 Å². The lowest BCUT2D eigenvalue weighted by atomic mass is 9.89. The van der Waals surface area contributed by atoms with Gasteiger partial charge in [-0.3, -0.25) is 4.79 Å². The molecule has 0 radical (unpaired) electrons. The van der Waals surface area contributed by atoms with Gasteiger partial charge in [-0.2, -0.15) is 0 Å². The van der Waals surface area contributed by atoms with Crippen molar-refractivity contribution >= 4 is 5.97 Å². The second-order valence-corrected chi connectivity index (χ2v) is 6.54. The van der Waals surface area contributed by atoms with E-state index in [0.29, 0.717) is 5.92 Å². The van der Waals surface area contributed by atoms with Crippen LogP contribution in [0.5, 0.6) is 0 Å². The molecule has 0 spiro atoms. The number of aliphatic carboxylic acids is 1. The summed E-state index contributed by atoms with van der Waals surface area (Å²) in [6.45, 7) is 13.6. The Morgan fingerprint density at radius 3 is 2.10 bits per heavy atom. The number of hydrogen-bond donors (Lipinski definition) is 2. The molecule has 3 heteroatoms. The first kappa shape index (κ1) is 17.7. The minimum absolute atomic E-state index is 0.0106. The van der Waals surface area contributed by atoms with E-state index in [1.807, 2.05) is 0 Å². The van der Waals surface area contributed by atoms with Crippen LogP contribution in [0, 0.1) is 33.6 Å². The van der Waals surface area contributed by atoms with Gasteiger partial charge >= 0.3 is 5.97 Å². The zero-order chi connectivity index (χ0) is 16.2. The minimum atomic E-state index is -0.740. The van der Waals surface area contributed by atoms with Gasteiger partial charge in [0.05, 0.1) is 6.42 Å². The lowest BCUT2D eigenvalue weighted by Crippen LogP contribution is -2.36. The second-order valence-electron chi connectivity index (χ2n) is 6.54. The number of nitrogens with one attached hydrogen (secondary N) is 1. The Morgan fingerprint density at radius 2 is 1.67 bits per heavy atom. The van der Waals surface area contributed by atoms with E-state index < -0.39 is 5.97 Å². The molecule has 0 heterocycles. The smallest absolute Gasteiger partial charge is 0.304 e. The average molecular weight is 291 g/mol. The van der Waals surface area contributed by atoms with E-state index in [0.717, 1.165) is 13.0 Å². The lowest BCUT2D eigenvalue weighted by molar-refractivity contribution is -0.137. The number of carboxylic acid groups (broad SMARTS) is 1. The van der Waals surface area contributed by atoms with Gasteiger partial charge in [0, 0.05) is 6.04 Å². The Bertz CT molecular complexity index is 480. The van der Waals surface area contributed by atoms with E-state index in [2.05, 4.69) is 52.9 Å². The van der Waals surface area contributed by atoms with E-state index in [9.17, 15) is 4.79 Å². The molecule has 0 bridgehead atoms. The molecule has 0 saturated heterocycles. The summed E-state index contributed by atoms with van der Waals surface area (Å²) < 4.78 is 0. The van der Waals surface area contributed by atoms with E-state index in [1.54, 1.807) is 0 Å². The first-order valence-corrected chi connectivity index (χ1v) is 7.73. The Labute approximate surface area is 128 Å². The molecule has 0 aliphatic heterocycles. The van der Waals surface area contributed by atoms with Crippen LogP contribution in [0.2, 0.25) is 0 Å². The van der Waals surface area contributed by atoms with E-state index in [-0.39, 0.29) is 12.5 Å². The fourth-order valence-electron chi connectivity index (χ4n) is 2.68. The molecular weight excluding hydrogens is 262 g/mol. The molecule has 1 atom stereocenters. The summed E-state index contributed by atoms with van der Waals surface area (Å²) in [5.74, 6) is -0.223. The third-order valence-corrected chi connectivity index (χ3v) is 4.21. The van der Waals surface area contributed by atoms with E-state index in [4.69, 9.17) is 5.11 Å². The highest BCUT2D eigenvalue weighted by molar-refractivity contribution is 5.67. The summed E-state index contributed by atoms with van der Waals surface area (Å²) in [5.41, 5.74) is 6.45. The topological polar surface area (TPSA) is 49.3 Å². The molecule has 3 nitrogen and oxygen atoms in total. The highest BCUT2D eigenvalue weighted by atomic mass is 16.4. The number of aryl methyl sites for hydroxylation is 2. The monoisotopic (exact) mass is 291 g/mol. The minimum Gasteiger partial charge on any atom is -0.481 e. The third-order valence-electron chi connectivity index (χ3n) is 4.21. The van der Waals surface area contributed by atoms with Crippen LogP contribution >= 0.6 is 0 Å². The fraction of sp³-hybridized carbons (Fsp3) is 0.611. The summed E-state index contributed by atoms with van der Waals surface area (Å²) in [5, 5.41) is 12.5. The maximum Gasteiger partial charge on any atom is 0.304 e. The summed E-state index contributed by atoms with van der Waals surface area (Å²) in [7, 11) is 0. The second kappa shape index (κ2) is 7.60. The molecule has 0 saturated carbocycles. The van der Waals surface area contributed by atoms with Gasteiger partial charge in [0.25, 0.3) is 0 Å². The van der Waals surface area contributed by atoms with Gasteiger partial charge in [0.2, 0.25) is 0 Å². The largest absolute Gasteiger partial charge is 0.481 e. The van der Waals surface area contributed by atoms with Gasteiger partial charge in [-0.05, 0) is 74.4 Å². The SMILES string of the molecule is Cc1cc(C)c(C)c(CC(CC(=O)O)NCC(C)C)c1C. The van der Waals surface area contributed by atoms with Crippen molar-refractivity contribution in [2.75, 3.05) is 6.54 Å². The van der Waals surface area contributed by atoms with Crippen LogP contribution in [0.4, 0.5) is 0 Å². The van der Waals surface area contributed by atoms with Gasteiger partial charge in [-0.25, -0.2) is 0 Å². The zero-order valence-corrected chi connectivity index (χ0v) is 14.2. The van der Waals surface area contributed by atoms with Gasteiger partial charge in [0.1, 0.15) is 0 Å². The van der Waals surface area contributed by atoms with Gasteiger partial charge in [-0.15, -0.1) is 0 Å². The zero-order valence-electron chi connectivity index (χ0n) is 14.2. The Balaban J connectivity index is 2.99. The van der Waals surface area contributed by atoms with Crippen molar-refractivity contribution < 1.29 is 9.90 Å². The quantitative estimate of drug-likeness (QED) is 0.807. The van der Waals surface area contributed by atoms with Crippen LogP contribution in [0.1, 0.15) is 48.1 Å². The molecule has 1 aromatic carbocycles. The molecule has 0 aliphatic rings. The van der Waals surface area contributed by atoms with Crippen molar-refractivity contribution in [1.82, 2.24) is 5.32 Å². The molecule has 2 N–H and O–H groups in total. The van der Waals surface area contributed by atoms with Gasteiger partial charge in [0.15, 0.2) is 0 Å². The highest BCUT2D eigenvalue weighted by Crippen LogP contribution is 2.23. The normalized spacial score (nSPS) is 12.7. The van der Waals surface area contributed by atoms with E-state index in [1.165, 1.54) is 27.8 Å². The van der Waals surface area contributed by atoms with Gasteiger partial charge < -0.3 is 10.4 Å². The fourth-order valence-corrected chi connectivity index (χ4v) is 2.68. The van der Waals surface area contributed by atoms with Crippen molar-refractivity contribution in [1.29, 1.82) is 0 Å². The predicted octanol–water partition coefficient (Wildman–Crippen LogP) is 3.55. The van der Waals surface area contributed by atoms with Crippen LogP contribution in [0.3, 0.4) is 0 Å². The first-order chi connectivity index (χ1) is 9.72. The lowest BCUT2D eigenvalue weighted by Gasteiger charge is -2.22. The predicted molar refractivity (Wildman–Crippen MR) is 88.0 cm³/mol. The average Bonchev–Trinajstić information content (AvgIpc) is 2.37. The molecule has 1 rings (SSSR count). The van der Waals surface area contributed by atoms with Crippen LogP contribution in [-0.2, 0) is 11.2 Å². The number of hydrogen-bond acceptors (Lipinski definition) is 2. The van der Waals surface area contributed by atoms with Crippen LogP contribution in [0.15, 0.2) is 6.07 Å². The molecule has 0 aliphatic carbocycles. The Hall–Kier alpha value is -1.35. The maximum atomic E-state index is 11.1. The molecule has 21 heavy (non-hydrogen) atoms. The summed E-state index contributed by atoms with van der Waals surface area (Å²) in [6, 6.07) is 2.20. The highest BCUT2D eigenvalue weighted by Gasteiger charge is 2.17. The van der Waals surface area contributed by atoms with Crippen LogP contribution in [0.25, 0.3) is 0 Å². The molecule has 118 valence electrons. The Morgan fingerprint density at radius 1 is 1.14 bits per heavy atom. The van der Waals surface area contributed by atoms with Gasteiger partial charge in [-0.1, -0.05) is 19.9 Å². The number of carbonyl (C=O) groups is 1. The van der Waals surface area contributed by atoms with Crippen molar-refractivity contribution in [2.24, 2.45) is 5.92 Å². The third kappa shape index (κ3) is 5.16. The Kier molecular flexibility index (Phi) is 6.41. The molecular formula is C18H29NO2. The summed E-state index contributed by atoms with van der Waals surface area (Å²) >= 11 is 0. The maximum absolute atomic E-state index is 11.1.